The number of terminal acetylenes is 1. The van der Waals surface area contributed by atoms with Gasteiger partial charge in [-0.3, -0.25) is 0 Å². The molecule has 0 aromatic rings. The van der Waals surface area contributed by atoms with Crippen LogP contribution in [0, 0.1) is 12.3 Å². The maximum Gasteiger partial charge on any atom is 0.390 e. The molecule has 0 rings (SSSR count). The Morgan fingerprint density at radius 2 is 1.92 bits per heavy atom. The van der Waals surface area contributed by atoms with Crippen LogP contribution in [0.4, 0.5) is 13.2 Å². The molecular weight excluding hydrogens is 167 g/mol. The van der Waals surface area contributed by atoms with Gasteiger partial charge >= 0.3 is 6.18 Å². The lowest BCUT2D eigenvalue weighted by Crippen LogP contribution is -2.25. The molecule has 0 spiro atoms. The molecule has 0 radical (unpaired) electrons. The lowest BCUT2D eigenvalue weighted by Gasteiger charge is -2.15. The predicted molar refractivity (Wildman–Crippen MR) is 41.6 cm³/mol. The van der Waals surface area contributed by atoms with E-state index in [1.807, 2.05) is 0 Å². The van der Waals surface area contributed by atoms with Crippen molar-refractivity contribution in [2.75, 3.05) is 20.1 Å². The van der Waals surface area contributed by atoms with Crippen molar-refractivity contribution in [3.8, 4) is 12.3 Å². The molecule has 0 heterocycles. The Morgan fingerprint density at radius 3 is 2.33 bits per heavy atom. The molecule has 0 aliphatic rings. The number of nitrogens with zero attached hydrogens (tertiary/aromatic N) is 1. The van der Waals surface area contributed by atoms with Crippen molar-refractivity contribution in [3.63, 3.8) is 0 Å². The number of hydrogen-bond donors (Lipinski definition) is 0. The summed E-state index contributed by atoms with van der Waals surface area (Å²) >= 11 is 0. The van der Waals surface area contributed by atoms with Crippen molar-refractivity contribution in [1.82, 2.24) is 4.90 Å². The van der Waals surface area contributed by atoms with Crippen LogP contribution in [0.15, 0.2) is 0 Å². The van der Waals surface area contributed by atoms with Crippen molar-refractivity contribution < 1.29 is 13.2 Å². The normalized spacial score (nSPS) is 11.7. The summed E-state index contributed by atoms with van der Waals surface area (Å²) in [4.78, 5) is 1.58. The van der Waals surface area contributed by atoms with Crippen molar-refractivity contribution in [1.29, 1.82) is 0 Å². The Balaban J connectivity index is 3.45. The first-order valence-corrected chi connectivity index (χ1v) is 3.64. The van der Waals surface area contributed by atoms with Crippen LogP contribution in [0.5, 0.6) is 0 Å². The largest absolute Gasteiger partial charge is 0.390 e. The summed E-state index contributed by atoms with van der Waals surface area (Å²) in [5.41, 5.74) is 0. The van der Waals surface area contributed by atoms with E-state index in [1.54, 1.807) is 11.9 Å². The Morgan fingerprint density at radius 1 is 1.33 bits per heavy atom. The third kappa shape index (κ3) is 7.42. The molecule has 0 N–H and O–H groups in total. The monoisotopic (exact) mass is 179 g/mol. The molecule has 0 aliphatic heterocycles. The Labute approximate surface area is 70.5 Å². The van der Waals surface area contributed by atoms with E-state index < -0.39 is 12.6 Å². The molecule has 0 amide bonds. The topological polar surface area (TPSA) is 3.24 Å². The van der Waals surface area contributed by atoms with Crippen molar-refractivity contribution in [3.05, 3.63) is 0 Å². The first-order valence-electron chi connectivity index (χ1n) is 3.64. The lowest BCUT2D eigenvalue weighted by molar-refractivity contribution is -0.137. The van der Waals surface area contributed by atoms with Crippen LogP contribution >= 0.6 is 0 Å². The van der Waals surface area contributed by atoms with Crippen LogP contribution in [0.2, 0.25) is 0 Å². The van der Waals surface area contributed by atoms with Crippen molar-refractivity contribution >= 4 is 0 Å². The zero-order chi connectivity index (χ0) is 9.61. The fraction of sp³-hybridized carbons (Fsp3) is 0.750. The highest BCUT2D eigenvalue weighted by Gasteiger charge is 2.26. The average Bonchev–Trinajstić information content (AvgIpc) is 1.95. The molecule has 0 aliphatic carbocycles. The van der Waals surface area contributed by atoms with Crippen molar-refractivity contribution in [2.45, 2.75) is 19.0 Å². The minimum atomic E-state index is -4.07. The minimum absolute atomic E-state index is 0.0190. The number of hydrogen-bond acceptors (Lipinski definition) is 1. The molecule has 0 bridgehead atoms. The highest BCUT2D eigenvalue weighted by atomic mass is 19.4. The zero-order valence-corrected chi connectivity index (χ0v) is 6.99. The van der Waals surface area contributed by atoms with Gasteiger partial charge in [0.2, 0.25) is 0 Å². The van der Waals surface area contributed by atoms with Gasteiger partial charge in [-0.2, -0.15) is 13.2 Å². The van der Waals surface area contributed by atoms with E-state index >= 15 is 0 Å². The molecule has 0 unspecified atom stereocenters. The van der Waals surface area contributed by atoms with Crippen LogP contribution in [0.1, 0.15) is 12.8 Å². The first kappa shape index (κ1) is 11.3. The van der Waals surface area contributed by atoms with Crippen LogP contribution in [-0.4, -0.2) is 31.2 Å². The van der Waals surface area contributed by atoms with Crippen molar-refractivity contribution in [2.24, 2.45) is 0 Å². The quantitative estimate of drug-likeness (QED) is 0.596. The van der Waals surface area contributed by atoms with Gasteiger partial charge in [-0.15, -0.1) is 12.3 Å². The van der Waals surface area contributed by atoms with E-state index in [9.17, 15) is 13.2 Å². The second-order valence-corrected chi connectivity index (χ2v) is 2.62. The maximum absolute atomic E-state index is 11.7. The van der Waals surface area contributed by atoms with Gasteiger partial charge in [-0.1, -0.05) is 0 Å². The third-order valence-electron chi connectivity index (χ3n) is 1.41. The summed E-state index contributed by atoms with van der Waals surface area (Å²) in [5, 5.41) is 0. The van der Waals surface area contributed by atoms with Gasteiger partial charge in [0.1, 0.15) is 0 Å². The fourth-order valence-corrected chi connectivity index (χ4v) is 0.685. The standard InChI is InChI=1S/C8H12F3N/c1-3-4-6-12(2)7-5-8(9,10)11/h1H,4-7H2,2H3. The van der Waals surface area contributed by atoms with Gasteiger partial charge in [0, 0.05) is 19.5 Å². The van der Waals surface area contributed by atoms with Gasteiger partial charge in [0.05, 0.1) is 6.42 Å². The van der Waals surface area contributed by atoms with Gasteiger partial charge in [0.15, 0.2) is 0 Å². The van der Waals surface area contributed by atoms with E-state index in [-0.39, 0.29) is 6.54 Å². The predicted octanol–water partition coefficient (Wildman–Crippen LogP) is 1.89. The van der Waals surface area contributed by atoms with Crippen LogP contribution in [0.3, 0.4) is 0 Å². The molecular formula is C8H12F3N. The zero-order valence-electron chi connectivity index (χ0n) is 6.99. The summed E-state index contributed by atoms with van der Waals surface area (Å²) in [6, 6.07) is 0. The Hall–Kier alpha value is -0.690. The molecule has 0 fully saturated rings. The first-order chi connectivity index (χ1) is 5.45. The lowest BCUT2D eigenvalue weighted by atomic mass is 10.3. The smallest absolute Gasteiger partial charge is 0.305 e. The van der Waals surface area contributed by atoms with E-state index in [0.717, 1.165) is 0 Å². The van der Waals surface area contributed by atoms with Gasteiger partial charge in [0.25, 0.3) is 0 Å². The molecule has 0 saturated heterocycles. The number of halogens is 3. The molecule has 12 heavy (non-hydrogen) atoms. The van der Waals surface area contributed by atoms with Crippen LogP contribution in [-0.2, 0) is 0 Å². The second kappa shape index (κ2) is 5.04. The summed E-state index contributed by atoms with van der Waals surface area (Å²) in [5.74, 6) is 2.37. The van der Waals surface area contributed by atoms with Crippen LogP contribution in [0.25, 0.3) is 0 Å². The van der Waals surface area contributed by atoms with E-state index in [0.29, 0.717) is 13.0 Å². The third-order valence-corrected chi connectivity index (χ3v) is 1.41. The average molecular weight is 179 g/mol. The van der Waals surface area contributed by atoms with E-state index in [1.165, 1.54) is 0 Å². The Kier molecular flexibility index (Phi) is 4.75. The maximum atomic E-state index is 11.7. The van der Waals surface area contributed by atoms with E-state index in [4.69, 9.17) is 6.42 Å². The highest BCUT2D eigenvalue weighted by molar-refractivity contribution is 4.84. The van der Waals surface area contributed by atoms with Gasteiger partial charge in [-0.05, 0) is 7.05 Å². The molecule has 70 valence electrons. The molecule has 0 aromatic heterocycles. The minimum Gasteiger partial charge on any atom is -0.305 e. The molecule has 0 atom stereocenters. The second-order valence-electron chi connectivity index (χ2n) is 2.62. The summed E-state index contributed by atoms with van der Waals surface area (Å²) < 4.78 is 35.0. The van der Waals surface area contributed by atoms with Gasteiger partial charge < -0.3 is 4.90 Å². The fourth-order valence-electron chi connectivity index (χ4n) is 0.685. The highest BCUT2D eigenvalue weighted by Crippen LogP contribution is 2.19. The molecule has 0 saturated carbocycles. The summed E-state index contributed by atoms with van der Waals surface area (Å²) in [6.45, 7) is 0.539. The molecule has 1 nitrogen and oxygen atoms in total. The van der Waals surface area contributed by atoms with Crippen LogP contribution < -0.4 is 0 Å². The molecule has 4 heteroatoms. The summed E-state index contributed by atoms with van der Waals surface area (Å²) in [7, 11) is 1.63. The number of alkyl halides is 3. The molecule has 0 aromatic carbocycles. The van der Waals surface area contributed by atoms with E-state index in [2.05, 4.69) is 5.92 Å². The van der Waals surface area contributed by atoms with Gasteiger partial charge in [-0.25, -0.2) is 0 Å². The SMILES string of the molecule is C#CCCN(C)CCC(F)(F)F. The number of rotatable bonds is 4. The summed E-state index contributed by atoms with van der Waals surface area (Å²) in [6.07, 6.45) is 0.619. The Bertz CT molecular complexity index is 157.